The van der Waals surface area contributed by atoms with Crippen LogP contribution in [-0.4, -0.2) is 10.9 Å². The molecule has 0 bridgehead atoms. The number of thiophene rings is 1. The first-order valence-electron chi connectivity index (χ1n) is 8.04. The smallest absolute Gasteiger partial charge is 0.251 e. The maximum Gasteiger partial charge on any atom is 0.251 e. The summed E-state index contributed by atoms with van der Waals surface area (Å²) in [7, 11) is 0. The van der Waals surface area contributed by atoms with E-state index < -0.39 is 0 Å². The van der Waals surface area contributed by atoms with Crippen molar-refractivity contribution in [3.8, 4) is 11.3 Å². The van der Waals surface area contributed by atoms with Crippen molar-refractivity contribution in [1.29, 1.82) is 0 Å². The Balaban J connectivity index is 1.48. The SMILES string of the molecule is O=C(NCc1ccnc(-c2ccsc2)c1)c1ccc2ccccc2c1. The second-order valence-corrected chi connectivity index (χ2v) is 6.59. The fourth-order valence-electron chi connectivity index (χ4n) is 2.77. The maximum absolute atomic E-state index is 12.5. The zero-order chi connectivity index (χ0) is 17.1. The molecular weight excluding hydrogens is 328 g/mol. The molecular formula is C21H16N2OS. The van der Waals surface area contributed by atoms with Gasteiger partial charge in [-0.2, -0.15) is 11.3 Å². The standard InChI is InChI=1S/C21H16N2OS/c24-21(18-6-5-16-3-1-2-4-17(16)12-18)23-13-15-7-9-22-20(11-15)19-8-10-25-14-19/h1-12,14H,13H2,(H,23,24). The van der Waals surface area contributed by atoms with Crippen LogP contribution in [0, 0.1) is 0 Å². The molecule has 0 radical (unpaired) electrons. The topological polar surface area (TPSA) is 42.0 Å². The Bertz CT molecular complexity index is 1020. The number of hydrogen-bond donors (Lipinski definition) is 1. The van der Waals surface area contributed by atoms with Gasteiger partial charge in [-0.15, -0.1) is 0 Å². The largest absolute Gasteiger partial charge is 0.348 e. The average Bonchev–Trinajstić information content (AvgIpc) is 3.21. The van der Waals surface area contributed by atoms with Gasteiger partial charge in [0, 0.05) is 29.2 Å². The molecule has 0 aliphatic rings. The van der Waals surface area contributed by atoms with Crippen molar-refractivity contribution >= 4 is 28.0 Å². The number of benzene rings is 2. The van der Waals surface area contributed by atoms with Gasteiger partial charge in [0.05, 0.1) is 5.69 Å². The van der Waals surface area contributed by atoms with Crippen LogP contribution in [0.2, 0.25) is 0 Å². The number of amides is 1. The number of rotatable bonds is 4. The van der Waals surface area contributed by atoms with E-state index in [1.807, 2.05) is 66.0 Å². The van der Waals surface area contributed by atoms with Gasteiger partial charge in [0.15, 0.2) is 0 Å². The van der Waals surface area contributed by atoms with Crippen molar-refractivity contribution in [2.75, 3.05) is 0 Å². The summed E-state index contributed by atoms with van der Waals surface area (Å²) in [5.41, 5.74) is 3.74. The van der Waals surface area contributed by atoms with Crippen LogP contribution in [0.25, 0.3) is 22.0 Å². The molecule has 0 atom stereocenters. The Morgan fingerprint density at radius 1 is 1.00 bits per heavy atom. The molecule has 2 aromatic heterocycles. The predicted octanol–water partition coefficient (Wildman–Crippen LogP) is 4.89. The lowest BCUT2D eigenvalue weighted by atomic mass is 10.1. The van der Waals surface area contributed by atoms with Crippen LogP contribution in [-0.2, 0) is 6.54 Å². The fourth-order valence-corrected chi connectivity index (χ4v) is 3.42. The van der Waals surface area contributed by atoms with Gasteiger partial charge in [-0.1, -0.05) is 30.3 Å². The van der Waals surface area contributed by atoms with E-state index in [0.717, 1.165) is 27.6 Å². The molecule has 0 spiro atoms. The predicted molar refractivity (Wildman–Crippen MR) is 103 cm³/mol. The molecule has 3 nitrogen and oxygen atoms in total. The van der Waals surface area contributed by atoms with Gasteiger partial charge in [-0.3, -0.25) is 9.78 Å². The minimum absolute atomic E-state index is 0.0698. The minimum atomic E-state index is -0.0698. The maximum atomic E-state index is 12.5. The van der Waals surface area contributed by atoms with E-state index in [0.29, 0.717) is 12.1 Å². The first-order chi connectivity index (χ1) is 12.3. The molecule has 0 fully saturated rings. The first kappa shape index (κ1) is 15.5. The van der Waals surface area contributed by atoms with Crippen molar-refractivity contribution < 1.29 is 4.79 Å². The van der Waals surface area contributed by atoms with E-state index in [9.17, 15) is 4.79 Å². The van der Waals surface area contributed by atoms with Crippen molar-refractivity contribution in [2.24, 2.45) is 0 Å². The summed E-state index contributed by atoms with van der Waals surface area (Å²) >= 11 is 1.65. The molecule has 25 heavy (non-hydrogen) atoms. The summed E-state index contributed by atoms with van der Waals surface area (Å²) < 4.78 is 0. The summed E-state index contributed by atoms with van der Waals surface area (Å²) in [5, 5.41) is 9.29. The van der Waals surface area contributed by atoms with Gasteiger partial charge in [-0.25, -0.2) is 0 Å². The van der Waals surface area contributed by atoms with Crippen LogP contribution >= 0.6 is 11.3 Å². The molecule has 0 saturated carbocycles. The number of aromatic nitrogens is 1. The third-order valence-electron chi connectivity index (χ3n) is 4.11. The Morgan fingerprint density at radius 3 is 2.72 bits per heavy atom. The van der Waals surface area contributed by atoms with Crippen molar-refractivity contribution in [1.82, 2.24) is 10.3 Å². The van der Waals surface area contributed by atoms with Crippen LogP contribution < -0.4 is 5.32 Å². The highest BCUT2D eigenvalue weighted by molar-refractivity contribution is 7.08. The molecule has 122 valence electrons. The lowest BCUT2D eigenvalue weighted by Gasteiger charge is -2.07. The number of carbonyl (C=O) groups is 1. The molecule has 0 unspecified atom stereocenters. The number of hydrogen-bond acceptors (Lipinski definition) is 3. The van der Waals surface area contributed by atoms with Crippen LogP contribution in [0.3, 0.4) is 0 Å². The highest BCUT2D eigenvalue weighted by atomic mass is 32.1. The van der Waals surface area contributed by atoms with Gasteiger partial charge in [0.25, 0.3) is 5.91 Å². The fraction of sp³-hybridized carbons (Fsp3) is 0.0476. The van der Waals surface area contributed by atoms with E-state index in [2.05, 4.69) is 15.7 Å². The minimum Gasteiger partial charge on any atom is -0.348 e. The molecule has 4 rings (SSSR count). The first-order valence-corrected chi connectivity index (χ1v) is 8.98. The lowest BCUT2D eigenvalue weighted by Crippen LogP contribution is -2.22. The van der Waals surface area contributed by atoms with Crippen LogP contribution in [0.1, 0.15) is 15.9 Å². The zero-order valence-corrected chi connectivity index (χ0v) is 14.3. The van der Waals surface area contributed by atoms with Crippen molar-refractivity contribution in [3.05, 3.63) is 88.7 Å². The molecule has 4 aromatic rings. The van der Waals surface area contributed by atoms with Gasteiger partial charge < -0.3 is 5.32 Å². The molecule has 0 aliphatic heterocycles. The summed E-state index contributed by atoms with van der Waals surface area (Å²) in [4.78, 5) is 16.8. The molecule has 4 heteroatoms. The monoisotopic (exact) mass is 344 g/mol. The third-order valence-corrected chi connectivity index (χ3v) is 4.79. The summed E-state index contributed by atoms with van der Waals surface area (Å²) in [6.45, 7) is 0.477. The molecule has 1 N–H and O–H groups in total. The van der Waals surface area contributed by atoms with Crippen molar-refractivity contribution in [3.63, 3.8) is 0 Å². The third kappa shape index (κ3) is 3.44. The van der Waals surface area contributed by atoms with Crippen molar-refractivity contribution in [2.45, 2.75) is 6.54 Å². The Morgan fingerprint density at radius 2 is 1.88 bits per heavy atom. The van der Waals surface area contributed by atoms with Crippen LogP contribution in [0.5, 0.6) is 0 Å². The summed E-state index contributed by atoms with van der Waals surface area (Å²) in [6.07, 6.45) is 1.78. The number of pyridine rings is 1. The van der Waals surface area contributed by atoms with Crippen LogP contribution in [0.15, 0.2) is 77.6 Å². The zero-order valence-electron chi connectivity index (χ0n) is 13.5. The van der Waals surface area contributed by atoms with Gasteiger partial charge in [0.1, 0.15) is 0 Å². The Hall–Kier alpha value is -2.98. The lowest BCUT2D eigenvalue weighted by molar-refractivity contribution is 0.0951. The highest BCUT2D eigenvalue weighted by Gasteiger charge is 2.07. The molecule has 1 amide bonds. The van der Waals surface area contributed by atoms with Gasteiger partial charge in [0.2, 0.25) is 0 Å². The molecule has 0 aliphatic carbocycles. The second kappa shape index (κ2) is 6.87. The van der Waals surface area contributed by atoms with E-state index >= 15 is 0 Å². The van der Waals surface area contributed by atoms with E-state index in [1.54, 1.807) is 17.5 Å². The Kier molecular flexibility index (Phi) is 4.27. The molecule has 0 saturated heterocycles. The number of nitrogens with one attached hydrogen (secondary N) is 1. The van der Waals surface area contributed by atoms with Crippen LogP contribution in [0.4, 0.5) is 0 Å². The molecule has 2 heterocycles. The van der Waals surface area contributed by atoms with E-state index in [4.69, 9.17) is 0 Å². The Labute approximate surface area is 150 Å². The van der Waals surface area contributed by atoms with E-state index in [-0.39, 0.29) is 5.91 Å². The molecule has 2 aromatic carbocycles. The summed E-state index contributed by atoms with van der Waals surface area (Å²) in [6, 6.07) is 19.8. The average molecular weight is 344 g/mol. The second-order valence-electron chi connectivity index (χ2n) is 5.81. The number of carbonyl (C=O) groups excluding carboxylic acids is 1. The van der Waals surface area contributed by atoms with Gasteiger partial charge in [-0.05, 0) is 52.0 Å². The number of nitrogens with zero attached hydrogens (tertiary/aromatic N) is 1. The quantitative estimate of drug-likeness (QED) is 0.572. The van der Waals surface area contributed by atoms with Gasteiger partial charge >= 0.3 is 0 Å². The number of fused-ring (bicyclic) bond motifs is 1. The normalized spacial score (nSPS) is 10.7. The van der Waals surface area contributed by atoms with E-state index in [1.165, 1.54) is 0 Å². The summed E-state index contributed by atoms with van der Waals surface area (Å²) in [5.74, 6) is -0.0698. The highest BCUT2D eigenvalue weighted by Crippen LogP contribution is 2.20.